The molecule has 0 aliphatic rings. The first-order chi connectivity index (χ1) is 9.47. The maximum atomic E-state index is 13.4. The Morgan fingerprint density at radius 1 is 1.35 bits per heavy atom. The zero-order valence-electron chi connectivity index (χ0n) is 10.8. The Labute approximate surface area is 114 Å². The van der Waals surface area contributed by atoms with Crippen molar-refractivity contribution < 1.29 is 13.6 Å². The van der Waals surface area contributed by atoms with Gasteiger partial charge in [-0.1, -0.05) is 6.07 Å². The van der Waals surface area contributed by atoms with Crippen molar-refractivity contribution in [3.8, 4) is 0 Å². The highest BCUT2D eigenvalue weighted by atomic mass is 19.1. The van der Waals surface area contributed by atoms with E-state index in [0.717, 1.165) is 12.1 Å². The second-order valence-electron chi connectivity index (χ2n) is 4.36. The Balaban J connectivity index is 2.13. The number of pyridine rings is 1. The molecule has 0 saturated carbocycles. The first-order valence-corrected chi connectivity index (χ1v) is 5.92. The molecule has 0 saturated heterocycles. The molecule has 3 N–H and O–H groups in total. The molecule has 1 heterocycles. The predicted molar refractivity (Wildman–Crippen MR) is 72.1 cm³/mol. The Hall–Kier alpha value is -2.50. The highest BCUT2D eigenvalue weighted by molar-refractivity contribution is 5.92. The Kier molecular flexibility index (Phi) is 3.93. The Morgan fingerprint density at radius 2 is 2.00 bits per heavy atom. The van der Waals surface area contributed by atoms with E-state index in [1.807, 2.05) is 0 Å². The lowest BCUT2D eigenvalue weighted by Gasteiger charge is -2.09. The van der Waals surface area contributed by atoms with Crippen LogP contribution in [-0.4, -0.2) is 10.9 Å². The number of nitrogen functional groups attached to an aromatic ring is 1. The minimum atomic E-state index is -0.748. The smallest absolute Gasteiger partial charge is 0.230 e. The van der Waals surface area contributed by atoms with Crippen LogP contribution in [0.5, 0.6) is 0 Å². The number of carbonyl (C=O) groups is 1. The first kappa shape index (κ1) is 13.9. The number of carbonyl (C=O) groups excluding carboxylic acids is 1. The van der Waals surface area contributed by atoms with Crippen molar-refractivity contribution >= 4 is 17.4 Å². The van der Waals surface area contributed by atoms with Gasteiger partial charge in [0.25, 0.3) is 0 Å². The van der Waals surface area contributed by atoms with Gasteiger partial charge in [-0.05, 0) is 30.7 Å². The van der Waals surface area contributed by atoms with Crippen LogP contribution in [0, 0.1) is 18.6 Å². The number of hydrogen-bond donors (Lipinski definition) is 2. The first-order valence-electron chi connectivity index (χ1n) is 5.92. The minimum absolute atomic E-state index is 0.266. The summed E-state index contributed by atoms with van der Waals surface area (Å²) in [6.07, 6.45) is 0.996. The molecule has 0 unspecified atom stereocenters. The van der Waals surface area contributed by atoms with E-state index in [4.69, 9.17) is 5.73 Å². The summed E-state index contributed by atoms with van der Waals surface area (Å²) in [4.78, 5) is 15.8. The SMILES string of the molecule is Cc1cc(N)cnc1NC(=O)Cc1c(F)cccc1F. The Bertz CT molecular complexity index is 639. The van der Waals surface area contributed by atoms with Gasteiger partial charge in [-0.15, -0.1) is 0 Å². The van der Waals surface area contributed by atoms with Gasteiger partial charge in [-0.2, -0.15) is 0 Å². The topological polar surface area (TPSA) is 68.0 Å². The van der Waals surface area contributed by atoms with E-state index >= 15 is 0 Å². The third-order valence-electron chi connectivity index (χ3n) is 2.76. The summed E-state index contributed by atoms with van der Waals surface area (Å²) < 4.78 is 26.9. The fourth-order valence-electron chi connectivity index (χ4n) is 1.77. The molecular formula is C14H13F2N3O. The van der Waals surface area contributed by atoms with Crippen LogP contribution in [-0.2, 0) is 11.2 Å². The third kappa shape index (κ3) is 3.09. The lowest BCUT2D eigenvalue weighted by molar-refractivity contribution is -0.115. The van der Waals surface area contributed by atoms with Crippen molar-refractivity contribution in [1.29, 1.82) is 0 Å². The molecule has 2 rings (SSSR count). The molecule has 4 nitrogen and oxygen atoms in total. The molecule has 0 bridgehead atoms. The van der Waals surface area contributed by atoms with Gasteiger partial charge in [0.05, 0.1) is 18.3 Å². The third-order valence-corrected chi connectivity index (χ3v) is 2.76. The van der Waals surface area contributed by atoms with Crippen molar-refractivity contribution in [3.63, 3.8) is 0 Å². The molecule has 0 radical (unpaired) electrons. The summed E-state index contributed by atoms with van der Waals surface area (Å²) in [5.74, 6) is -1.72. The standard InChI is InChI=1S/C14H13F2N3O/c1-8-5-9(17)7-18-14(8)19-13(20)6-10-11(15)3-2-4-12(10)16/h2-5,7H,6,17H2,1H3,(H,18,19,20). The number of rotatable bonds is 3. The zero-order valence-corrected chi connectivity index (χ0v) is 10.8. The number of nitrogens with zero attached hydrogens (tertiary/aromatic N) is 1. The van der Waals surface area contributed by atoms with Crippen LogP contribution >= 0.6 is 0 Å². The van der Waals surface area contributed by atoms with Crippen LogP contribution in [0.4, 0.5) is 20.3 Å². The molecule has 0 spiro atoms. The highest BCUT2D eigenvalue weighted by Gasteiger charge is 2.14. The molecule has 6 heteroatoms. The molecule has 1 aromatic carbocycles. The van der Waals surface area contributed by atoms with Crippen LogP contribution in [0.1, 0.15) is 11.1 Å². The number of nitrogens with one attached hydrogen (secondary N) is 1. The number of nitrogens with two attached hydrogens (primary N) is 1. The second-order valence-corrected chi connectivity index (χ2v) is 4.36. The summed E-state index contributed by atoms with van der Waals surface area (Å²) in [5.41, 5.74) is 6.43. The van der Waals surface area contributed by atoms with E-state index in [-0.39, 0.29) is 5.56 Å². The van der Waals surface area contributed by atoms with Crippen LogP contribution < -0.4 is 11.1 Å². The van der Waals surface area contributed by atoms with Gasteiger partial charge in [0.1, 0.15) is 17.5 Å². The van der Waals surface area contributed by atoms with Crippen LogP contribution in [0.15, 0.2) is 30.5 Å². The van der Waals surface area contributed by atoms with Crippen molar-refractivity contribution in [2.24, 2.45) is 0 Å². The zero-order chi connectivity index (χ0) is 14.7. The van der Waals surface area contributed by atoms with Gasteiger partial charge in [-0.3, -0.25) is 4.79 Å². The van der Waals surface area contributed by atoms with E-state index in [0.29, 0.717) is 17.1 Å². The molecule has 104 valence electrons. The quantitative estimate of drug-likeness (QED) is 0.905. The molecule has 0 fully saturated rings. The minimum Gasteiger partial charge on any atom is -0.397 e. The lowest BCUT2D eigenvalue weighted by Crippen LogP contribution is -2.17. The van der Waals surface area contributed by atoms with Crippen LogP contribution in [0.2, 0.25) is 0 Å². The van der Waals surface area contributed by atoms with E-state index in [1.54, 1.807) is 13.0 Å². The molecule has 20 heavy (non-hydrogen) atoms. The molecule has 0 aliphatic carbocycles. The summed E-state index contributed by atoms with van der Waals surface area (Å²) >= 11 is 0. The van der Waals surface area contributed by atoms with Gasteiger partial charge in [-0.25, -0.2) is 13.8 Å². The Morgan fingerprint density at radius 3 is 2.60 bits per heavy atom. The summed E-state index contributed by atoms with van der Waals surface area (Å²) in [6, 6.07) is 5.11. The van der Waals surface area contributed by atoms with Gasteiger partial charge < -0.3 is 11.1 Å². The number of aromatic nitrogens is 1. The molecule has 0 aliphatic heterocycles. The van der Waals surface area contributed by atoms with Crippen molar-refractivity contribution in [3.05, 3.63) is 53.2 Å². The number of anilines is 2. The summed E-state index contributed by atoms with van der Waals surface area (Å²) in [6.45, 7) is 1.72. The average molecular weight is 277 g/mol. The monoisotopic (exact) mass is 277 g/mol. The van der Waals surface area contributed by atoms with Crippen molar-refractivity contribution in [2.75, 3.05) is 11.1 Å². The second kappa shape index (κ2) is 5.64. The summed E-state index contributed by atoms with van der Waals surface area (Å²) in [5, 5.41) is 2.50. The number of hydrogen-bond acceptors (Lipinski definition) is 3. The van der Waals surface area contributed by atoms with Gasteiger partial charge in [0.2, 0.25) is 5.91 Å². The predicted octanol–water partition coefficient (Wildman–Crippen LogP) is 2.43. The summed E-state index contributed by atoms with van der Waals surface area (Å²) in [7, 11) is 0. The van der Waals surface area contributed by atoms with Gasteiger partial charge >= 0.3 is 0 Å². The maximum absolute atomic E-state index is 13.4. The lowest BCUT2D eigenvalue weighted by atomic mass is 10.1. The molecule has 1 aromatic heterocycles. The number of halogens is 2. The van der Waals surface area contributed by atoms with E-state index in [9.17, 15) is 13.6 Å². The van der Waals surface area contributed by atoms with Crippen molar-refractivity contribution in [2.45, 2.75) is 13.3 Å². The highest BCUT2D eigenvalue weighted by Crippen LogP contribution is 2.16. The van der Waals surface area contributed by atoms with Gasteiger partial charge in [0.15, 0.2) is 0 Å². The molecule has 2 aromatic rings. The fourth-order valence-corrected chi connectivity index (χ4v) is 1.77. The normalized spacial score (nSPS) is 10.3. The average Bonchev–Trinajstić information content (AvgIpc) is 2.37. The largest absolute Gasteiger partial charge is 0.397 e. The molecule has 1 amide bonds. The van der Waals surface area contributed by atoms with E-state index in [2.05, 4.69) is 10.3 Å². The molecular weight excluding hydrogens is 264 g/mol. The van der Waals surface area contributed by atoms with Crippen LogP contribution in [0.25, 0.3) is 0 Å². The van der Waals surface area contributed by atoms with Crippen molar-refractivity contribution in [1.82, 2.24) is 4.98 Å². The number of aryl methyl sites for hydroxylation is 1. The van der Waals surface area contributed by atoms with Gasteiger partial charge in [0, 0.05) is 5.56 Å². The van der Waals surface area contributed by atoms with Crippen LogP contribution in [0.3, 0.4) is 0 Å². The fraction of sp³-hybridized carbons (Fsp3) is 0.143. The number of amides is 1. The van der Waals surface area contributed by atoms with E-state index in [1.165, 1.54) is 12.3 Å². The van der Waals surface area contributed by atoms with E-state index < -0.39 is 24.0 Å². The maximum Gasteiger partial charge on any atom is 0.230 e. The molecule has 0 atom stereocenters. The number of benzene rings is 1.